The third-order valence-corrected chi connectivity index (χ3v) is 14.8. The molecule has 1 fully saturated rings. The van der Waals surface area contributed by atoms with Crippen molar-refractivity contribution >= 4 is 25.8 Å². The summed E-state index contributed by atoms with van der Waals surface area (Å²) in [5.74, 6) is -0.860. The average Bonchev–Trinajstić information content (AvgIpc) is 3.65. The number of methoxy groups -OCH3 is 2. The molecule has 5 aromatic rings. The first-order chi connectivity index (χ1) is 28.3. The first-order valence-corrected chi connectivity index (χ1v) is 22.8. The van der Waals surface area contributed by atoms with Crippen molar-refractivity contribution < 1.29 is 33.7 Å². The molecular weight excluding hydrogens is 769 g/mol. The number of hydrogen-bond donors (Lipinski definition) is 2. The molecule has 306 valence electrons. The smallest absolute Gasteiger partial charge is 0.297 e. The van der Waals surface area contributed by atoms with Crippen LogP contribution in [0.2, 0.25) is 18.6 Å². The highest BCUT2D eigenvalue weighted by Crippen LogP contribution is 2.60. The molecule has 59 heavy (non-hydrogen) atoms. The number of nitrogens with zero attached hydrogens (tertiary/aromatic N) is 4. The Morgan fingerprint density at radius 2 is 1.49 bits per heavy atom. The first-order valence-electron chi connectivity index (χ1n) is 19.8. The number of hydrogen-bond acceptors (Lipinski definition) is 9. The van der Waals surface area contributed by atoms with Gasteiger partial charge >= 0.3 is 0 Å². The summed E-state index contributed by atoms with van der Waals surface area (Å²) in [7, 11) is -0.310. The van der Waals surface area contributed by atoms with Crippen molar-refractivity contribution in [2.24, 2.45) is 5.92 Å². The fourth-order valence-corrected chi connectivity index (χ4v) is 12.1. The molecule has 5 atom stereocenters. The molecule has 1 saturated heterocycles. The number of aromatic nitrogens is 2. The summed E-state index contributed by atoms with van der Waals surface area (Å²) < 4.78 is 20.6. The number of amides is 2. The number of aliphatic hydroxyl groups excluding tert-OH is 1. The van der Waals surface area contributed by atoms with Gasteiger partial charge in [0.05, 0.1) is 51.6 Å². The van der Waals surface area contributed by atoms with Gasteiger partial charge < -0.3 is 33.9 Å². The van der Waals surface area contributed by atoms with Crippen LogP contribution in [-0.2, 0) is 39.4 Å². The zero-order valence-electron chi connectivity index (χ0n) is 33.7. The van der Waals surface area contributed by atoms with Crippen molar-refractivity contribution in [1.82, 2.24) is 14.0 Å². The van der Waals surface area contributed by atoms with E-state index in [9.17, 15) is 24.3 Å². The van der Waals surface area contributed by atoms with Crippen molar-refractivity contribution in [3.8, 4) is 22.9 Å². The Hall–Kier alpha value is -5.80. The Morgan fingerprint density at radius 3 is 2.12 bits per heavy atom. The molecule has 3 aliphatic heterocycles. The van der Waals surface area contributed by atoms with Gasteiger partial charge in [-0.2, -0.15) is 0 Å². The van der Waals surface area contributed by atoms with Crippen LogP contribution in [0.1, 0.15) is 35.6 Å². The molecule has 2 N–H and O–H groups in total. The van der Waals surface area contributed by atoms with Crippen LogP contribution in [0.3, 0.4) is 0 Å². The van der Waals surface area contributed by atoms with E-state index in [1.54, 1.807) is 83.8 Å². The number of pyridine rings is 2. The van der Waals surface area contributed by atoms with E-state index in [0.29, 0.717) is 35.6 Å². The number of ether oxygens (including phenoxy) is 3. The second-order valence-corrected chi connectivity index (χ2v) is 20.1. The summed E-state index contributed by atoms with van der Waals surface area (Å²) in [4.78, 5) is 71.8. The molecule has 2 amide bonds. The Kier molecular flexibility index (Phi) is 10.5. The van der Waals surface area contributed by atoms with Gasteiger partial charge in [0.1, 0.15) is 0 Å². The molecule has 0 radical (unpaired) electrons. The largest absolute Gasteiger partial charge is 0.491 e. The topological polar surface area (TPSA) is 153 Å². The van der Waals surface area contributed by atoms with E-state index < -0.39 is 37.5 Å². The monoisotopic (exact) mass is 816 g/mol. The molecule has 8 rings (SSSR count). The molecule has 5 heterocycles. The van der Waals surface area contributed by atoms with Crippen molar-refractivity contribution in [2.45, 2.75) is 69.2 Å². The zero-order valence-corrected chi connectivity index (χ0v) is 34.7. The highest BCUT2D eigenvalue weighted by Gasteiger charge is 2.66. The van der Waals surface area contributed by atoms with Crippen molar-refractivity contribution in [2.75, 3.05) is 25.7 Å². The van der Waals surface area contributed by atoms with Crippen LogP contribution in [0.25, 0.3) is 11.4 Å². The Balaban J connectivity index is 1.21. The first kappa shape index (κ1) is 40.0. The minimum atomic E-state index is -3.18. The SMILES string of the molecule is COc1cccn(-c2cccc(CN3C(=O)[C@@]4(O[C@@H](CC(=O)N5Cc6ccccc6C[C@H]5CO)[C@H]([Si](C)(C)O)[C@H]4C)c4cc(-n5cccc(OC)c5=O)ccc43)c2)c1=O. The van der Waals surface area contributed by atoms with Gasteiger partial charge in [-0.05, 0) is 90.8 Å². The Labute approximate surface area is 342 Å². The molecule has 3 aromatic carbocycles. The highest BCUT2D eigenvalue weighted by molar-refractivity contribution is 6.71. The number of benzene rings is 3. The zero-order chi connectivity index (χ0) is 41.8. The molecule has 2 aromatic heterocycles. The normalized spacial score (nSPS) is 22.4. The molecular formula is C45H48N4O9Si. The maximum atomic E-state index is 15.4. The molecule has 14 heteroatoms. The van der Waals surface area contributed by atoms with Gasteiger partial charge in [0.15, 0.2) is 25.4 Å². The van der Waals surface area contributed by atoms with Crippen LogP contribution in [0, 0.1) is 5.92 Å². The molecule has 3 aliphatic rings. The van der Waals surface area contributed by atoms with Crippen LogP contribution in [0.5, 0.6) is 11.5 Å². The molecule has 0 unspecified atom stereocenters. The van der Waals surface area contributed by atoms with Gasteiger partial charge in [-0.25, -0.2) is 0 Å². The summed E-state index contributed by atoms with van der Waals surface area (Å²) in [6.07, 6.45) is 2.83. The summed E-state index contributed by atoms with van der Waals surface area (Å²) >= 11 is 0. The molecule has 0 aliphatic carbocycles. The van der Waals surface area contributed by atoms with Gasteiger partial charge in [0.2, 0.25) is 5.91 Å². The van der Waals surface area contributed by atoms with Crippen molar-refractivity contribution in [3.63, 3.8) is 0 Å². The van der Waals surface area contributed by atoms with Crippen LogP contribution in [-0.4, -0.2) is 77.0 Å². The van der Waals surface area contributed by atoms with E-state index in [4.69, 9.17) is 14.2 Å². The fourth-order valence-electron chi connectivity index (χ4n) is 9.56. The van der Waals surface area contributed by atoms with Crippen LogP contribution < -0.4 is 25.5 Å². The van der Waals surface area contributed by atoms with Crippen LogP contribution in [0.4, 0.5) is 5.69 Å². The summed E-state index contributed by atoms with van der Waals surface area (Å²) in [6, 6.07) is 26.7. The third kappa shape index (κ3) is 6.79. The van der Waals surface area contributed by atoms with E-state index in [-0.39, 0.29) is 54.0 Å². The van der Waals surface area contributed by atoms with Gasteiger partial charge in [-0.1, -0.05) is 43.3 Å². The van der Waals surface area contributed by atoms with E-state index in [2.05, 4.69) is 0 Å². The van der Waals surface area contributed by atoms with Gasteiger partial charge in [0.25, 0.3) is 17.0 Å². The quantitative estimate of drug-likeness (QED) is 0.192. The predicted octanol–water partition coefficient (Wildman–Crippen LogP) is 4.69. The van der Waals surface area contributed by atoms with Gasteiger partial charge in [-0.15, -0.1) is 0 Å². The van der Waals surface area contributed by atoms with Crippen LogP contribution >= 0.6 is 0 Å². The van der Waals surface area contributed by atoms with E-state index >= 15 is 4.79 Å². The van der Waals surface area contributed by atoms with Crippen LogP contribution in [0.15, 0.2) is 113 Å². The van der Waals surface area contributed by atoms with E-state index in [0.717, 1.165) is 16.7 Å². The number of carbonyl (C=O) groups is 2. The lowest BCUT2D eigenvalue weighted by Crippen LogP contribution is -2.48. The number of fused-ring (bicyclic) bond motifs is 3. The van der Waals surface area contributed by atoms with Gasteiger partial charge in [-0.3, -0.25) is 28.3 Å². The number of carbonyl (C=O) groups excluding carboxylic acids is 2. The standard InChI is InChI=1S/C45H48N4O9Si/c1-28-41(59(4,5)55)39(24-40(51)48-26-31-13-7-6-12-30(31)22-34(48)27-50)58-45(28)35-23-33(47-20-10-16-38(57-3)43(47)53)17-18-36(35)49(44(45)54)25-29-11-8-14-32(21-29)46-19-9-15-37(56-2)42(46)52/h6-21,23,28,34,39,41,50,55H,22,24-27H2,1-5H3/t28-,34+,39+,41-,45+/m1/s1. The summed E-state index contributed by atoms with van der Waals surface area (Å²) in [6.45, 7) is 5.73. The maximum Gasteiger partial charge on any atom is 0.297 e. The van der Waals surface area contributed by atoms with Crippen molar-refractivity contribution in [1.29, 1.82) is 0 Å². The highest BCUT2D eigenvalue weighted by atomic mass is 28.4. The number of aliphatic hydroxyl groups is 1. The minimum Gasteiger partial charge on any atom is -0.491 e. The molecule has 13 nitrogen and oxygen atoms in total. The maximum absolute atomic E-state index is 15.4. The lowest BCUT2D eigenvalue weighted by atomic mass is 9.82. The average molecular weight is 817 g/mol. The van der Waals surface area contributed by atoms with Gasteiger partial charge in [0, 0.05) is 47.3 Å². The third-order valence-electron chi connectivity index (χ3n) is 12.3. The van der Waals surface area contributed by atoms with E-state index in [1.807, 2.05) is 49.4 Å². The lowest BCUT2D eigenvalue weighted by Gasteiger charge is -2.37. The molecule has 1 spiro atoms. The van der Waals surface area contributed by atoms with Crippen molar-refractivity contribution in [3.05, 3.63) is 146 Å². The Morgan fingerprint density at radius 1 is 0.847 bits per heavy atom. The summed E-state index contributed by atoms with van der Waals surface area (Å²) in [5.41, 5.74) is 2.04. The molecule has 0 saturated carbocycles. The van der Waals surface area contributed by atoms with E-state index in [1.165, 1.54) is 23.4 Å². The predicted molar refractivity (Wildman–Crippen MR) is 224 cm³/mol. The lowest BCUT2D eigenvalue weighted by molar-refractivity contribution is -0.151. The second kappa shape index (κ2) is 15.4. The number of anilines is 1. The second-order valence-electron chi connectivity index (χ2n) is 16.2. The summed E-state index contributed by atoms with van der Waals surface area (Å²) in [5, 5.41) is 10.4. The minimum absolute atomic E-state index is 0.105. The fraction of sp³-hybridized carbons (Fsp3) is 0.333. The molecule has 0 bridgehead atoms. The Bertz CT molecular complexity index is 2570. The number of rotatable bonds is 10.